The van der Waals surface area contributed by atoms with E-state index >= 15 is 0 Å². The highest BCUT2D eigenvalue weighted by molar-refractivity contribution is 6.24. The molecule has 0 aromatic heterocycles. The lowest BCUT2D eigenvalue weighted by Gasteiger charge is -2.27. The van der Waals surface area contributed by atoms with E-state index < -0.39 is 0 Å². The van der Waals surface area contributed by atoms with E-state index in [4.69, 9.17) is 0 Å². The average molecular weight is 1020 g/mol. The molecule has 14 aromatic carbocycles. The fraction of sp³-hybridized carbons (Fsp3) is 0. The topological polar surface area (TPSA) is 6.48 Å². The quantitative estimate of drug-likeness (QED) is 0.0889. The summed E-state index contributed by atoms with van der Waals surface area (Å²) in [7, 11) is 0. The van der Waals surface area contributed by atoms with Crippen molar-refractivity contribution in [3.05, 3.63) is 326 Å². The highest BCUT2D eigenvalue weighted by Gasteiger charge is 2.20. The van der Waals surface area contributed by atoms with E-state index in [0.29, 0.717) is 0 Å². The second-order valence-electron chi connectivity index (χ2n) is 20.5. The molecule has 0 fully saturated rings. The standard InChI is InChI=1S/C78H54N2/c1-3-17-55(18-4-1)33-35-57-37-45-63(46-38-57)79(77-31-15-23-59-21-7-9-25-67(59)77)65-49-41-61(42-50-65)73-53-75-72-30-14-12-28-70(72)74(54-76(75)71-29-13-11-27-69(71)73)62-43-51-66(52-44-62)80(78-32-16-24-60-22-8-10-26-68(60)78)64-47-39-58(40-48-64)36-34-56-19-5-2-6-20-56/h1-54H. The molecule has 0 radical (unpaired) electrons. The van der Waals surface area contributed by atoms with Crippen LogP contribution in [0.5, 0.6) is 0 Å². The number of fused-ring (bicyclic) bond motifs is 7. The first-order valence-corrected chi connectivity index (χ1v) is 27.5. The summed E-state index contributed by atoms with van der Waals surface area (Å²) in [4.78, 5) is 4.78. The molecule has 14 rings (SSSR count). The molecule has 0 bridgehead atoms. The smallest absolute Gasteiger partial charge is 0.0540 e. The Hall–Kier alpha value is -10.5. The summed E-state index contributed by atoms with van der Waals surface area (Å²) in [6.45, 7) is 0. The van der Waals surface area contributed by atoms with Gasteiger partial charge < -0.3 is 9.80 Å². The molecule has 0 unspecified atom stereocenters. The first-order valence-electron chi connectivity index (χ1n) is 27.5. The molecule has 2 heteroatoms. The minimum atomic E-state index is 1.09. The van der Waals surface area contributed by atoms with Crippen molar-refractivity contribution in [3.8, 4) is 22.3 Å². The Kier molecular flexibility index (Phi) is 12.6. The molecule has 0 spiro atoms. The number of nitrogens with zero attached hydrogens (tertiary/aromatic N) is 2. The second kappa shape index (κ2) is 21.1. The number of benzene rings is 14. The maximum atomic E-state index is 2.43. The molecule has 0 atom stereocenters. The molecule has 0 saturated carbocycles. The van der Waals surface area contributed by atoms with Crippen LogP contribution in [0.15, 0.2) is 303 Å². The van der Waals surface area contributed by atoms with E-state index in [-0.39, 0.29) is 0 Å². The highest BCUT2D eigenvalue weighted by atomic mass is 15.1. The van der Waals surface area contributed by atoms with Crippen molar-refractivity contribution in [2.75, 3.05) is 9.80 Å². The molecule has 0 aliphatic heterocycles. The molecule has 0 aliphatic carbocycles. The van der Waals surface area contributed by atoms with Crippen LogP contribution < -0.4 is 9.80 Å². The Balaban J connectivity index is 0.835. The molecule has 14 aromatic rings. The second-order valence-corrected chi connectivity index (χ2v) is 20.5. The van der Waals surface area contributed by atoms with Gasteiger partial charge in [-0.25, -0.2) is 0 Å². The minimum absolute atomic E-state index is 1.09. The molecule has 0 amide bonds. The van der Waals surface area contributed by atoms with Crippen molar-refractivity contribution in [2.24, 2.45) is 0 Å². The monoisotopic (exact) mass is 1020 g/mol. The number of hydrogen-bond donors (Lipinski definition) is 0. The van der Waals surface area contributed by atoms with Crippen LogP contribution >= 0.6 is 0 Å². The van der Waals surface area contributed by atoms with Crippen molar-refractivity contribution < 1.29 is 0 Å². The van der Waals surface area contributed by atoms with E-state index in [0.717, 1.165) is 45.3 Å². The van der Waals surface area contributed by atoms with Gasteiger partial charge in [0.1, 0.15) is 0 Å². The summed E-state index contributed by atoms with van der Waals surface area (Å²) in [6, 6.07) is 110. The predicted octanol–water partition coefficient (Wildman–Crippen LogP) is 22.1. The fourth-order valence-corrected chi connectivity index (χ4v) is 11.7. The molecule has 2 nitrogen and oxygen atoms in total. The van der Waals surface area contributed by atoms with Crippen LogP contribution in [0, 0.1) is 0 Å². The molecule has 0 N–H and O–H groups in total. The van der Waals surface area contributed by atoms with Crippen LogP contribution in [0.4, 0.5) is 34.1 Å². The van der Waals surface area contributed by atoms with E-state index in [1.165, 1.54) is 87.2 Å². The molecule has 0 aliphatic rings. The van der Waals surface area contributed by atoms with E-state index in [9.17, 15) is 0 Å². The Labute approximate surface area is 467 Å². The SMILES string of the molecule is C(=Cc1ccc(N(c2ccc(-c3cc4c5ccccc5c(-c5ccc(N(c6ccc(C=Cc7ccccc7)cc6)c6cccc7ccccc67)cc5)cc4c4ccccc34)cc2)c2cccc3ccccc23)cc1)c1ccccc1. The van der Waals surface area contributed by atoms with Gasteiger partial charge in [0.05, 0.1) is 11.4 Å². The molecule has 376 valence electrons. The van der Waals surface area contributed by atoms with E-state index in [1.807, 2.05) is 0 Å². The van der Waals surface area contributed by atoms with E-state index in [1.54, 1.807) is 0 Å². The largest absolute Gasteiger partial charge is 0.310 e. The zero-order valence-electron chi connectivity index (χ0n) is 44.1. The molecule has 0 heterocycles. The van der Waals surface area contributed by atoms with Gasteiger partial charge in [-0.05, 0) is 160 Å². The lowest BCUT2D eigenvalue weighted by molar-refractivity contribution is 1.30. The van der Waals surface area contributed by atoms with Crippen molar-refractivity contribution >= 4 is 112 Å². The van der Waals surface area contributed by atoms with Gasteiger partial charge in [-0.1, -0.05) is 255 Å². The first kappa shape index (κ1) is 47.9. The van der Waals surface area contributed by atoms with Crippen LogP contribution in [-0.4, -0.2) is 0 Å². The summed E-state index contributed by atoms with van der Waals surface area (Å²) in [5.74, 6) is 0. The fourth-order valence-electron chi connectivity index (χ4n) is 11.7. The van der Waals surface area contributed by atoms with Gasteiger partial charge in [0, 0.05) is 33.5 Å². The Bertz CT molecular complexity index is 4290. The number of hydrogen-bond acceptors (Lipinski definition) is 2. The maximum absolute atomic E-state index is 2.43. The summed E-state index contributed by atoms with van der Waals surface area (Å²) >= 11 is 0. The van der Waals surface area contributed by atoms with Gasteiger partial charge >= 0.3 is 0 Å². The lowest BCUT2D eigenvalue weighted by atomic mass is 9.87. The molecule has 0 saturated heterocycles. The normalized spacial score (nSPS) is 11.7. The minimum Gasteiger partial charge on any atom is -0.310 e. The number of rotatable bonds is 12. The Morgan fingerprint density at radius 1 is 0.200 bits per heavy atom. The number of anilines is 6. The third-order valence-electron chi connectivity index (χ3n) is 15.6. The molecule has 80 heavy (non-hydrogen) atoms. The molecular weight excluding hydrogens is 965 g/mol. The van der Waals surface area contributed by atoms with Gasteiger partial charge in [-0.3, -0.25) is 0 Å². The van der Waals surface area contributed by atoms with Crippen molar-refractivity contribution in [1.82, 2.24) is 0 Å². The van der Waals surface area contributed by atoms with E-state index in [2.05, 4.69) is 337 Å². The van der Waals surface area contributed by atoms with Crippen LogP contribution in [0.3, 0.4) is 0 Å². The Morgan fingerprint density at radius 3 is 0.863 bits per heavy atom. The average Bonchev–Trinajstić information content (AvgIpc) is 3.67. The van der Waals surface area contributed by atoms with Gasteiger partial charge in [-0.2, -0.15) is 0 Å². The highest BCUT2D eigenvalue weighted by Crippen LogP contribution is 2.45. The zero-order chi connectivity index (χ0) is 53.2. The lowest BCUT2D eigenvalue weighted by Crippen LogP contribution is -2.10. The van der Waals surface area contributed by atoms with Gasteiger partial charge in [0.2, 0.25) is 0 Å². The third kappa shape index (κ3) is 9.25. The van der Waals surface area contributed by atoms with Crippen molar-refractivity contribution in [3.63, 3.8) is 0 Å². The third-order valence-corrected chi connectivity index (χ3v) is 15.6. The van der Waals surface area contributed by atoms with Crippen LogP contribution in [0.25, 0.3) is 100 Å². The van der Waals surface area contributed by atoms with Gasteiger partial charge in [-0.15, -0.1) is 0 Å². The summed E-state index contributed by atoms with van der Waals surface area (Å²) < 4.78 is 0. The van der Waals surface area contributed by atoms with Gasteiger partial charge in [0.25, 0.3) is 0 Å². The molecular formula is C78H54N2. The summed E-state index contributed by atoms with van der Waals surface area (Å²) in [5, 5.41) is 12.2. The Morgan fingerprint density at radius 2 is 0.487 bits per heavy atom. The summed E-state index contributed by atoms with van der Waals surface area (Å²) in [5.41, 5.74) is 16.1. The maximum Gasteiger partial charge on any atom is 0.0540 e. The predicted molar refractivity (Wildman–Crippen MR) is 345 cm³/mol. The van der Waals surface area contributed by atoms with Crippen molar-refractivity contribution in [2.45, 2.75) is 0 Å². The van der Waals surface area contributed by atoms with Crippen LogP contribution in [0.1, 0.15) is 22.3 Å². The zero-order valence-corrected chi connectivity index (χ0v) is 44.1. The van der Waals surface area contributed by atoms with Gasteiger partial charge in [0.15, 0.2) is 0 Å². The first-order chi connectivity index (χ1) is 39.7. The van der Waals surface area contributed by atoms with Crippen molar-refractivity contribution in [1.29, 1.82) is 0 Å². The van der Waals surface area contributed by atoms with Crippen LogP contribution in [-0.2, 0) is 0 Å². The van der Waals surface area contributed by atoms with Crippen LogP contribution in [0.2, 0.25) is 0 Å². The summed E-state index contributed by atoms with van der Waals surface area (Å²) in [6.07, 6.45) is 8.70.